The van der Waals surface area contributed by atoms with E-state index < -0.39 is 28.9 Å². The summed E-state index contributed by atoms with van der Waals surface area (Å²) in [7, 11) is 3.53. The van der Waals surface area contributed by atoms with E-state index in [0.717, 1.165) is 11.1 Å². The number of carbonyl (C=O) groups is 3. The molecule has 0 saturated heterocycles. The number of ether oxygens (including phenoxy) is 2. The maximum atomic E-state index is 13.9. The summed E-state index contributed by atoms with van der Waals surface area (Å²) in [5, 5.41) is 6.26. The smallest absolute Gasteiger partial charge is 0.332 e. The van der Waals surface area contributed by atoms with E-state index in [-0.39, 0.29) is 37.0 Å². The predicted molar refractivity (Wildman–Crippen MR) is 156 cm³/mol. The summed E-state index contributed by atoms with van der Waals surface area (Å²) in [5.74, 6) is -0.693. The van der Waals surface area contributed by atoms with Crippen LogP contribution in [-0.2, 0) is 29.3 Å². The molecular formula is C31H51N3O5. The third kappa shape index (κ3) is 10.1. The first-order chi connectivity index (χ1) is 18.1. The van der Waals surface area contributed by atoms with Crippen LogP contribution in [0.25, 0.3) is 0 Å². The number of esters is 1. The summed E-state index contributed by atoms with van der Waals surface area (Å²) in [6.07, 6.45) is 1.99. The molecule has 0 saturated carbocycles. The van der Waals surface area contributed by atoms with Gasteiger partial charge in [0.15, 0.2) is 0 Å². The lowest BCUT2D eigenvalue weighted by Crippen LogP contribution is -2.61. The highest BCUT2D eigenvalue weighted by atomic mass is 16.6. The third-order valence-electron chi connectivity index (χ3n) is 6.98. The van der Waals surface area contributed by atoms with E-state index in [1.807, 2.05) is 91.8 Å². The fourth-order valence-corrected chi connectivity index (χ4v) is 4.67. The van der Waals surface area contributed by atoms with E-state index in [0.29, 0.717) is 6.61 Å². The van der Waals surface area contributed by atoms with Crippen LogP contribution < -0.4 is 10.6 Å². The molecule has 1 aromatic carbocycles. The van der Waals surface area contributed by atoms with Crippen LogP contribution >= 0.6 is 0 Å². The van der Waals surface area contributed by atoms with E-state index in [4.69, 9.17) is 9.47 Å². The minimum Gasteiger partial charge on any atom is -0.464 e. The van der Waals surface area contributed by atoms with Crippen molar-refractivity contribution in [2.75, 3.05) is 33.9 Å². The molecule has 220 valence electrons. The zero-order chi connectivity index (χ0) is 30.0. The van der Waals surface area contributed by atoms with E-state index in [9.17, 15) is 14.4 Å². The average molecular weight is 546 g/mol. The first kappa shape index (κ1) is 34.3. The summed E-state index contributed by atoms with van der Waals surface area (Å²) in [5.41, 5.74) is 0.885. The molecule has 39 heavy (non-hydrogen) atoms. The molecule has 8 heteroatoms. The summed E-state index contributed by atoms with van der Waals surface area (Å²) in [6.45, 7) is 18.1. The van der Waals surface area contributed by atoms with Crippen molar-refractivity contribution in [1.82, 2.24) is 15.5 Å². The van der Waals surface area contributed by atoms with Crippen molar-refractivity contribution in [3.05, 3.63) is 47.5 Å². The lowest BCUT2D eigenvalue weighted by Gasteiger charge is -2.40. The van der Waals surface area contributed by atoms with Gasteiger partial charge in [0, 0.05) is 12.5 Å². The second-order valence-electron chi connectivity index (χ2n) is 12.1. The maximum absolute atomic E-state index is 13.9. The number of hydrogen-bond acceptors (Lipinski definition) is 6. The van der Waals surface area contributed by atoms with Crippen molar-refractivity contribution in [3.8, 4) is 0 Å². The van der Waals surface area contributed by atoms with Crippen LogP contribution in [-0.4, -0.2) is 74.7 Å². The van der Waals surface area contributed by atoms with E-state index in [1.165, 1.54) is 0 Å². The Hall–Kier alpha value is -2.71. The van der Waals surface area contributed by atoms with Crippen LogP contribution in [0, 0.1) is 11.3 Å². The number of nitrogens with zero attached hydrogens (tertiary/aromatic N) is 1. The highest BCUT2D eigenvalue weighted by Crippen LogP contribution is 2.29. The largest absolute Gasteiger partial charge is 0.464 e. The van der Waals surface area contributed by atoms with Gasteiger partial charge in [-0.2, -0.15) is 0 Å². The molecule has 0 aliphatic carbocycles. The van der Waals surface area contributed by atoms with Crippen LogP contribution in [0.15, 0.2) is 42.0 Å². The minimum atomic E-state index is -0.743. The van der Waals surface area contributed by atoms with Gasteiger partial charge >= 0.3 is 5.97 Å². The molecule has 0 bridgehead atoms. The standard InChI is InChI=1S/C31H51N3O5/c1-12-39-25(35)20-38-19-22(4)18-24(21(2)3)34(11)29(37)27(30(5,6)7)33-28(36)26(32-10)31(8,9)23-16-14-13-15-17-23/h13-18,21,24,26-27,32H,12,19-20H2,1-11H3,(H,33,36)/t24-,26-,27-/m1/s1. The first-order valence-corrected chi connectivity index (χ1v) is 13.8. The molecule has 0 heterocycles. The number of hydrogen-bond donors (Lipinski definition) is 2. The van der Waals surface area contributed by atoms with Crippen molar-refractivity contribution in [3.63, 3.8) is 0 Å². The fourth-order valence-electron chi connectivity index (χ4n) is 4.67. The molecule has 0 spiro atoms. The van der Waals surface area contributed by atoms with Gasteiger partial charge in [-0.05, 0) is 43.4 Å². The monoisotopic (exact) mass is 545 g/mol. The summed E-state index contributed by atoms with van der Waals surface area (Å²) < 4.78 is 10.4. The van der Waals surface area contributed by atoms with E-state index >= 15 is 0 Å². The topological polar surface area (TPSA) is 97.0 Å². The average Bonchev–Trinajstić information content (AvgIpc) is 2.85. The van der Waals surface area contributed by atoms with Crippen molar-refractivity contribution in [2.45, 2.75) is 85.9 Å². The molecular weight excluding hydrogens is 494 g/mol. The maximum Gasteiger partial charge on any atom is 0.332 e. The molecule has 0 radical (unpaired) electrons. The summed E-state index contributed by atoms with van der Waals surface area (Å²) in [6, 6.07) is 8.36. The lowest BCUT2D eigenvalue weighted by molar-refractivity contribution is -0.148. The Balaban J connectivity index is 3.14. The number of likely N-dealkylation sites (N-methyl/N-ethyl adjacent to an activating group) is 2. The first-order valence-electron chi connectivity index (χ1n) is 13.8. The number of amides is 2. The Morgan fingerprint density at radius 3 is 2.08 bits per heavy atom. The molecule has 3 atom stereocenters. The van der Waals surface area contributed by atoms with E-state index in [2.05, 4.69) is 10.6 Å². The van der Waals surface area contributed by atoms with Gasteiger partial charge in [0.1, 0.15) is 12.6 Å². The Morgan fingerprint density at radius 2 is 1.59 bits per heavy atom. The predicted octanol–water partition coefficient (Wildman–Crippen LogP) is 4.09. The van der Waals surface area contributed by atoms with Gasteiger partial charge < -0.3 is 25.0 Å². The Bertz CT molecular complexity index is 966. The van der Waals surface area contributed by atoms with Gasteiger partial charge in [-0.3, -0.25) is 9.59 Å². The van der Waals surface area contributed by atoms with Crippen molar-refractivity contribution in [1.29, 1.82) is 0 Å². The van der Waals surface area contributed by atoms with Crippen LogP contribution in [0.3, 0.4) is 0 Å². The zero-order valence-corrected chi connectivity index (χ0v) is 25.9. The van der Waals surface area contributed by atoms with Gasteiger partial charge in [-0.25, -0.2) is 4.79 Å². The van der Waals surface area contributed by atoms with Crippen molar-refractivity contribution < 1.29 is 23.9 Å². The third-order valence-corrected chi connectivity index (χ3v) is 6.98. The van der Waals surface area contributed by atoms with Crippen LogP contribution in [0.5, 0.6) is 0 Å². The van der Waals surface area contributed by atoms with Gasteiger partial charge in [0.2, 0.25) is 11.8 Å². The Morgan fingerprint density at radius 1 is 1.00 bits per heavy atom. The lowest BCUT2D eigenvalue weighted by atomic mass is 9.76. The van der Waals surface area contributed by atoms with Crippen molar-refractivity contribution in [2.24, 2.45) is 11.3 Å². The molecule has 2 amide bonds. The highest BCUT2D eigenvalue weighted by molar-refractivity contribution is 5.91. The van der Waals surface area contributed by atoms with Crippen LogP contribution in [0.2, 0.25) is 0 Å². The molecule has 0 aliphatic rings. The molecule has 1 rings (SSSR count). The minimum absolute atomic E-state index is 0.109. The molecule has 0 unspecified atom stereocenters. The number of benzene rings is 1. The second kappa shape index (κ2) is 15.2. The molecule has 0 aliphatic heterocycles. The summed E-state index contributed by atoms with van der Waals surface area (Å²) in [4.78, 5) is 40.9. The summed E-state index contributed by atoms with van der Waals surface area (Å²) >= 11 is 0. The fraction of sp³-hybridized carbons (Fsp3) is 0.645. The van der Waals surface area contributed by atoms with E-state index in [1.54, 1.807) is 25.9 Å². The molecule has 8 nitrogen and oxygen atoms in total. The Labute approximate surface area is 235 Å². The second-order valence-corrected chi connectivity index (χ2v) is 12.1. The SMILES string of the molecule is CCOC(=O)COCC(C)=C[C@H](C(C)C)N(C)C(=O)[C@@H](NC(=O)[C@@H](NC)C(C)(C)c1ccccc1)C(C)(C)C. The molecule has 0 fully saturated rings. The molecule has 2 N–H and O–H groups in total. The number of carbonyl (C=O) groups excluding carboxylic acids is 3. The zero-order valence-electron chi connectivity index (χ0n) is 25.9. The normalized spacial score (nSPS) is 14.9. The highest BCUT2D eigenvalue weighted by Gasteiger charge is 2.41. The molecule has 0 aromatic heterocycles. The number of rotatable bonds is 14. The van der Waals surface area contributed by atoms with Gasteiger partial charge in [-0.15, -0.1) is 0 Å². The van der Waals surface area contributed by atoms with Gasteiger partial charge in [0.05, 0.1) is 25.3 Å². The quantitative estimate of drug-likeness (QED) is 0.270. The van der Waals surface area contributed by atoms with Gasteiger partial charge in [0.25, 0.3) is 0 Å². The molecule has 1 aromatic rings. The van der Waals surface area contributed by atoms with Crippen LogP contribution in [0.1, 0.15) is 67.9 Å². The van der Waals surface area contributed by atoms with Gasteiger partial charge in [-0.1, -0.05) is 84.9 Å². The van der Waals surface area contributed by atoms with Crippen LogP contribution in [0.4, 0.5) is 0 Å². The number of nitrogens with one attached hydrogen (secondary N) is 2. The van der Waals surface area contributed by atoms with Crippen molar-refractivity contribution >= 4 is 17.8 Å². The Kier molecular flexibility index (Phi) is 13.4.